The van der Waals surface area contributed by atoms with Gasteiger partial charge < -0.3 is 0 Å². The van der Waals surface area contributed by atoms with Gasteiger partial charge in [0.25, 0.3) is 0 Å². The second-order valence-corrected chi connectivity index (χ2v) is 3.16. The van der Waals surface area contributed by atoms with Gasteiger partial charge in [-0.05, 0) is 18.1 Å². The van der Waals surface area contributed by atoms with Crippen molar-refractivity contribution in [2.24, 2.45) is 0 Å². The molecule has 0 N–H and O–H groups in total. The van der Waals surface area contributed by atoms with Gasteiger partial charge in [0.2, 0.25) is 0 Å². The molecule has 0 bridgehead atoms. The fourth-order valence-electron chi connectivity index (χ4n) is 1.28. The summed E-state index contributed by atoms with van der Waals surface area (Å²) < 4.78 is 0. The molecular formula is C9H9N2O5. The van der Waals surface area contributed by atoms with E-state index in [-0.39, 0.29) is 12.0 Å². The van der Waals surface area contributed by atoms with Crippen molar-refractivity contribution in [3.05, 3.63) is 44.0 Å². The van der Waals surface area contributed by atoms with E-state index in [1.54, 1.807) is 6.92 Å². The summed E-state index contributed by atoms with van der Waals surface area (Å²) in [7, 11) is 0. The van der Waals surface area contributed by atoms with Crippen molar-refractivity contribution in [1.82, 2.24) is 0 Å². The molecule has 1 aromatic rings. The van der Waals surface area contributed by atoms with E-state index in [0.717, 1.165) is 12.1 Å². The second kappa shape index (κ2) is 4.67. The maximum absolute atomic E-state index is 11.4. The van der Waals surface area contributed by atoms with Crippen LogP contribution in [0.3, 0.4) is 0 Å². The standard InChI is InChI=1S/C9H9N2O5/c1-2-9(12)6-3-4-7(10(13)14)8(5-6)11(15)16/h3-5,9H,2H2,1H3. The summed E-state index contributed by atoms with van der Waals surface area (Å²) in [5.74, 6) is 0. The Morgan fingerprint density at radius 2 is 1.75 bits per heavy atom. The molecule has 1 aromatic carbocycles. The van der Waals surface area contributed by atoms with Gasteiger partial charge in [-0.1, -0.05) is 6.92 Å². The van der Waals surface area contributed by atoms with Crippen molar-refractivity contribution in [3.63, 3.8) is 0 Å². The first-order chi connectivity index (χ1) is 7.47. The molecule has 0 aliphatic heterocycles. The number of nitrogens with zero attached hydrogens (tertiary/aromatic N) is 2. The summed E-state index contributed by atoms with van der Waals surface area (Å²) >= 11 is 0. The molecule has 85 valence electrons. The second-order valence-electron chi connectivity index (χ2n) is 3.16. The van der Waals surface area contributed by atoms with E-state index >= 15 is 0 Å². The van der Waals surface area contributed by atoms with Crippen LogP contribution in [-0.4, -0.2) is 9.85 Å². The van der Waals surface area contributed by atoms with Crippen LogP contribution >= 0.6 is 0 Å². The minimum atomic E-state index is -1.10. The number of hydrogen-bond donors (Lipinski definition) is 0. The number of benzene rings is 1. The average Bonchev–Trinajstić information content (AvgIpc) is 2.26. The van der Waals surface area contributed by atoms with Crippen molar-refractivity contribution in [2.45, 2.75) is 19.4 Å². The molecule has 0 spiro atoms. The fourth-order valence-corrected chi connectivity index (χ4v) is 1.28. The Morgan fingerprint density at radius 3 is 2.19 bits per heavy atom. The summed E-state index contributed by atoms with van der Waals surface area (Å²) in [6.07, 6.45) is -0.825. The highest BCUT2D eigenvalue weighted by molar-refractivity contribution is 5.54. The lowest BCUT2D eigenvalue weighted by Crippen LogP contribution is -2.00. The van der Waals surface area contributed by atoms with Crippen LogP contribution in [0.15, 0.2) is 18.2 Å². The van der Waals surface area contributed by atoms with Crippen LogP contribution < -0.4 is 0 Å². The van der Waals surface area contributed by atoms with Crippen molar-refractivity contribution in [3.8, 4) is 0 Å². The van der Waals surface area contributed by atoms with Crippen molar-refractivity contribution < 1.29 is 15.0 Å². The van der Waals surface area contributed by atoms with Gasteiger partial charge in [-0.25, -0.2) is 5.11 Å². The Labute approximate surface area is 90.6 Å². The largest absolute Gasteiger partial charge is 0.346 e. The highest BCUT2D eigenvalue weighted by Gasteiger charge is 2.25. The number of nitro benzene ring substituents is 2. The minimum Gasteiger partial charge on any atom is -0.258 e. The lowest BCUT2D eigenvalue weighted by Gasteiger charge is -2.04. The highest BCUT2D eigenvalue weighted by atomic mass is 16.6. The zero-order valence-corrected chi connectivity index (χ0v) is 8.45. The summed E-state index contributed by atoms with van der Waals surface area (Å²) in [5, 5.41) is 32.4. The van der Waals surface area contributed by atoms with Gasteiger partial charge in [-0.2, -0.15) is 0 Å². The van der Waals surface area contributed by atoms with Crippen molar-refractivity contribution in [2.75, 3.05) is 0 Å². The Bertz CT molecular complexity index is 432. The van der Waals surface area contributed by atoms with Crippen LogP contribution in [0.1, 0.15) is 25.0 Å². The molecule has 0 aliphatic rings. The van der Waals surface area contributed by atoms with E-state index in [1.165, 1.54) is 6.07 Å². The molecule has 7 heteroatoms. The van der Waals surface area contributed by atoms with Crippen LogP contribution in [0.25, 0.3) is 0 Å². The van der Waals surface area contributed by atoms with Gasteiger partial charge in [0.1, 0.15) is 6.10 Å². The first kappa shape index (κ1) is 12.1. The van der Waals surface area contributed by atoms with E-state index in [1.807, 2.05) is 0 Å². The third kappa shape index (κ3) is 2.31. The van der Waals surface area contributed by atoms with Gasteiger partial charge in [0, 0.05) is 12.1 Å². The molecule has 1 unspecified atom stereocenters. The molecule has 1 rings (SSSR count). The molecular weight excluding hydrogens is 216 g/mol. The topological polar surface area (TPSA) is 106 Å². The number of rotatable bonds is 4. The summed E-state index contributed by atoms with van der Waals surface area (Å²) in [5.41, 5.74) is -1.05. The lowest BCUT2D eigenvalue weighted by atomic mass is 10.1. The van der Waals surface area contributed by atoms with Crippen LogP contribution in [0.4, 0.5) is 11.4 Å². The Morgan fingerprint density at radius 1 is 1.19 bits per heavy atom. The first-order valence-corrected chi connectivity index (χ1v) is 4.56. The third-order valence-corrected chi connectivity index (χ3v) is 2.14. The minimum absolute atomic E-state index is 0.194. The van der Waals surface area contributed by atoms with Crippen molar-refractivity contribution >= 4 is 11.4 Å². The zero-order valence-electron chi connectivity index (χ0n) is 8.45. The molecule has 0 saturated carbocycles. The molecule has 1 atom stereocenters. The predicted molar refractivity (Wildman–Crippen MR) is 53.5 cm³/mol. The van der Waals surface area contributed by atoms with Crippen LogP contribution in [-0.2, 0) is 5.11 Å². The van der Waals surface area contributed by atoms with E-state index in [0.29, 0.717) is 0 Å². The van der Waals surface area contributed by atoms with Gasteiger partial charge in [-0.15, -0.1) is 0 Å². The quantitative estimate of drug-likeness (QED) is 0.579. The molecule has 0 fully saturated rings. The first-order valence-electron chi connectivity index (χ1n) is 4.56. The third-order valence-electron chi connectivity index (χ3n) is 2.14. The fraction of sp³-hybridized carbons (Fsp3) is 0.333. The lowest BCUT2D eigenvalue weighted by molar-refractivity contribution is -0.422. The molecule has 7 nitrogen and oxygen atoms in total. The smallest absolute Gasteiger partial charge is 0.258 e. The molecule has 0 aliphatic carbocycles. The van der Waals surface area contributed by atoms with Crippen molar-refractivity contribution in [1.29, 1.82) is 0 Å². The summed E-state index contributed by atoms with van der Waals surface area (Å²) in [4.78, 5) is 19.4. The predicted octanol–water partition coefficient (Wildman–Crippen LogP) is 2.38. The normalized spacial score (nSPS) is 12.1. The Kier molecular flexibility index (Phi) is 3.51. The monoisotopic (exact) mass is 225 g/mol. The molecule has 0 amide bonds. The maximum atomic E-state index is 11.4. The maximum Gasteiger partial charge on any atom is 0.346 e. The summed E-state index contributed by atoms with van der Waals surface area (Å²) in [6.45, 7) is 1.64. The van der Waals surface area contributed by atoms with E-state index in [9.17, 15) is 25.3 Å². The highest BCUT2D eigenvalue weighted by Crippen LogP contribution is 2.30. The van der Waals surface area contributed by atoms with E-state index in [2.05, 4.69) is 0 Å². The molecule has 1 radical (unpaired) electrons. The van der Waals surface area contributed by atoms with Gasteiger partial charge >= 0.3 is 11.4 Å². The molecule has 16 heavy (non-hydrogen) atoms. The van der Waals surface area contributed by atoms with Gasteiger partial charge in [-0.3, -0.25) is 20.2 Å². The van der Waals surface area contributed by atoms with Gasteiger partial charge in [0.05, 0.1) is 9.85 Å². The summed E-state index contributed by atoms with van der Waals surface area (Å²) in [6, 6.07) is 3.22. The average molecular weight is 225 g/mol. The zero-order chi connectivity index (χ0) is 12.3. The van der Waals surface area contributed by atoms with Gasteiger partial charge in [0.15, 0.2) is 0 Å². The number of nitro groups is 2. The van der Waals surface area contributed by atoms with Crippen LogP contribution in [0, 0.1) is 20.2 Å². The molecule has 0 heterocycles. The van der Waals surface area contributed by atoms with Crippen LogP contribution in [0.5, 0.6) is 0 Å². The SMILES string of the molecule is CCC([O])c1ccc([N+](=O)[O-])c([N+](=O)[O-])c1. The van der Waals surface area contributed by atoms with Crippen LogP contribution in [0.2, 0.25) is 0 Å². The number of hydrogen-bond acceptors (Lipinski definition) is 4. The Hall–Kier alpha value is -2.02. The molecule has 0 saturated heterocycles. The molecule has 0 aromatic heterocycles. The van der Waals surface area contributed by atoms with E-state index in [4.69, 9.17) is 0 Å². The Balaban J connectivity index is 3.28. The van der Waals surface area contributed by atoms with E-state index < -0.39 is 27.3 Å².